The van der Waals surface area contributed by atoms with Gasteiger partial charge >= 0.3 is 0 Å². The van der Waals surface area contributed by atoms with Crippen LogP contribution >= 0.6 is 24.0 Å². The number of rotatable bonds is 6. The molecule has 3 aromatic carbocycles. The predicted octanol–water partition coefficient (Wildman–Crippen LogP) is 6.21. The molecular formula is C32H29N2O2S2+. The first-order valence-corrected chi connectivity index (χ1v) is 14.0. The van der Waals surface area contributed by atoms with E-state index in [2.05, 4.69) is 77.9 Å². The highest BCUT2D eigenvalue weighted by molar-refractivity contribution is 7.85. The van der Waals surface area contributed by atoms with Crippen LogP contribution in [0.15, 0.2) is 107 Å². The molecule has 1 aliphatic heterocycles. The Kier molecular flexibility index (Phi) is 6.34. The summed E-state index contributed by atoms with van der Waals surface area (Å²) in [5.41, 5.74) is 6.78. The van der Waals surface area contributed by atoms with Gasteiger partial charge in [-0.2, -0.15) is 4.57 Å². The van der Waals surface area contributed by atoms with E-state index in [1.165, 1.54) is 16.8 Å². The van der Waals surface area contributed by atoms with Gasteiger partial charge in [0.25, 0.3) is 5.01 Å². The molecule has 2 heterocycles. The minimum Gasteiger partial charge on any atom is -0.390 e. The Morgan fingerprint density at radius 1 is 0.974 bits per heavy atom. The molecule has 4 aromatic rings. The molecule has 0 amide bonds. The van der Waals surface area contributed by atoms with Crippen LogP contribution in [0.5, 0.6) is 0 Å². The van der Waals surface area contributed by atoms with E-state index in [0.717, 1.165) is 27.5 Å². The fraction of sp³-hybridized carbons (Fsp3) is 0.188. The molecule has 6 rings (SSSR count). The molecule has 1 N–H and O–H groups in total. The van der Waals surface area contributed by atoms with E-state index in [1.807, 2.05) is 36.4 Å². The number of Topliss-reactive ketones (excluding diaryl/α,β-unsaturated/α-hetero) is 1. The van der Waals surface area contributed by atoms with Crippen molar-refractivity contribution >= 4 is 51.7 Å². The zero-order valence-electron chi connectivity index (χ0n) is 21.4. The number of thiazole rings is 1. The molecule has 0 spiro atoms. The van der Waals surface area contributed by atoms with Crippen molar-refractivity contribution in [3.05, 3.63) is 123 Å². The molecule has 0 saturated carbocycles. The predicted molar refractivity (Wildman–Crippen MR) is 158 cm³/mol. The summed E-state index contributed by atoms with van der Waals surface area (Å²) in [6.07, 6.45) is 3.96. The number of aromatic nitrogens is 1. The number of anilines is 1. The molecule has 0 atom stereocenters. The number of carbonyl (C=O) groups excluding carboxylic acids is 1. The minimum absolute atomic E-state index is 0.00178. The van der Waals surface area contributed by atoms with Crippen molar-refractivity contribution in [2.75, 3.05) is 11.5 Å². The van der Waals surface area contributed by atoms with E-state index in [-0.39, 0.29) is 17.8 Å². The molecule has 190 valence electrons. The molecule has 2 aliphatic rings. The monoisotopic (exact) mass is 537 g/mol. The zero-order valence-corrected chi connectivity index (χ0v) is 23.1. The lowest BCUT2D eigenvalue weighted by atomic mass is 9.81. The van der Waals surface area contributed by atoms with Crippen LogP contribution in [0, 0.1) is 0 Å². The quantitative estimate of drug-likeness (QED) is 0.175. The maximum atomic E-state index is 13.5. The molecule has 0 bridgehead atoms. The topological polar surface area (TPSA) is 44.4 Å². The first-order valence-electron chi connectivity index (χ1n) is 12.8. The van der Waals surface area contributed by atoms with Crippen molar-refractivity contribution in [3.8, 4) is 0 Å². The van der Waals surface area contributed by atoms with Crippen molar-refractivity contribution < 1.29 is 14.5 Å². The molecule has 4 nitrogen and oxygen atoms in total. The van der Waals surface area contributed by atoms with E-state index in [4.69, 9.17) is 12.6 Å². The van der Waals surface area contributed by atoms with Crippen molar-refractivity contribution in [2.24, 2.45) is 0 Å². The van der Waals surface area contributed by atoms with Crippen LogP contribution in [0.25, 0.3) is 16.3 Å². The Bertz CT molecular complexity index is 1660. The lowest BCUT2D eigenvalue weighted by Crippen LogP contribution is -2.37. The summed E-state index contributed by atoms with van der Waals surface area (Å²) in [5.74, 6) is 0.00178. The van der Waals surface area contributed by atoms with Crippen LogP contribution in [0.2, 0.25) is 0 Å². The van der Waals surface area contributed by atoms with Gasteiger partial charge in [0, 0.05) is 51.5 Å². The number of carbonyl (C=O) groups is 1. The Labute approximate surface area is 232 Å². The number of aliphatic hydroxyl groups is 1. The van der Waals surface area contributed by atoms with Crippen LogP contribution in [0.1, 0.15) is 30.0 Å². The second-order valence-electron chi connectivity index (χ2n) is 10.2. The normalized spacial score (nSPS) is 18.5. The van der Waals surface area contributed by atoms with Gasteiger partial charge in [0.2, 0.25) is 5.52 Å². The average Bonchev–Trinajstić information content (AvgIpc) is 3.38. The maximum absolute atomic E-state index is 13.5. The molecule has 1 aromatic heterocycles. The molecule has 6 heteroatoms. The number of fused-ring (bicyclic) bond motifs is 2. The lowest BCUT2D eigenvalue weighted by molar-refractivity contribution is -0.670. The minimum atomic E-state index is -0.262. The third kappa shape index (κ3) is 4.04. The maximum Gasteiger partial charge on any atom is 0.263 e. The van der Waals surface area contributed by atoms with E-state index >= 15 is 0 Å². The van der Waals surface area contributed by atoms with Gasteiger partial charge in [-0.15, -0.1) is 12.6 Å². The summed E-state index contributed by atoms with van der Waals surface area (Å²) in [6, 6.07) is 27.0. The fourth-order valence-electron chi connectivity index (χ4n) is 5.50. The molecule has 0 radical (unpaired) electrons. The summed E-state index contributed by atoms with van der Waals surface area (Å²) in [4.78, 5) is 16.5. The van der Waals surface area contributed by atoms with Crippen molar-refractivity contribution in [2.45, 2.75) is 32.4 Å². The van der Waals surface area contributed by atoms with Crippen molar-refractivity contribution in [1.29, 1.82) is 0 Å². The lowest BCUT2D eigenvalue weighted by Gasteiger charge is -2.29. The van der Waals surface area contributed by atoms with E-state index in [9.17, 15) is 9.90 Å². The van der Waals surface area contributed by atoms with Gasteiger partial charge < -0.3 is 10.0 Å². The molecular weight excluding hydrogens is 508 g/mol. The Morgan fingerprint density at radius 2 is 1.68 bits per heavy atom. The molecule has 0 fully saturated rings. The largest absolute Gasteiger partial charge is 0.390 e. The molecule has 0 unspecified atom stereocenters. The van der Waals surface area contributed by atoms with Crippen molar-refractivity contribution in [1.82, 2.24) is 0 Å². The third-order valence-electron chi connectivity index (χ3n) is 7.49. The van der Waals surface area contributed by atoms with Gasteiger partial charge in [-0.1, -0.05) is 85.8 Å². The standard InChI is InChI=1S/C32H28N2O2S2/c1-32(2)24-12-6-7-13-25(24)34(20-21-10-4-3-5-11-21)28(32)18-22-30(36)23(31(22)37)19-29-33(16-17-35)26-14-8-9-15-27(26)38-29/h3-15,18-19,35H,16-17,20H2,1-2H3/p+1. The Morgan fingerprint density at radius 3 is 2.45 bits per heavy atom. The van der Waals surface area contributed by atoms with Crippen LogP contribution in [0.4, 0.5) is 5.69 Å². The van der Waals surface area contributed by atoms with Gasteiger partial charge in [0.05, 0.1) is 0 Å². The second-order valence-corrected chi connectivity index (χ2v) is 11.7. The Hall–Kier alpha value is -3.45. The number of nitrogens with zero attached hydrogens (tertiary/aromatic N) is 2. The summed E-state index contributed by atoms with van der Waals surface area (Å²) < 4.78 is 3.18. The number of para-hydroxylation sites is 2. The van der Waals surface area contributed by atoms with Crippen LogP contribution in [-0.4, -0.2) is 17.5 Å². The number of aliphatic hydroxyl groups excluding tert-OH is 1. The van der Waals surface area contributed by atoms with Crippen LogP contribution in [-0.2, 0) is 23.3 Å². The van der Waals surface area contributed by atoms with E-state index in [0.29, 0.717) is 22.6 Å². The summed E-state index contributed by atoms with van der Waals surface area (Å²) in [5, 5.41) is 10.6. The van der Waals surface area contributed by atoms with Crippen LogP contribution < -0.4 is 9.47 Å². The van der Waals surface area contributed by atoms with Gasteiger partial charge in [0.1, 0.15) is 11.3 Å². The number of hydrogen-bond acceptors (Lipinski definition) is 5. The fourth-order valence-corrected chi connectivity index (χ4v) is 6.96. The molecule has 38 heavy (non-hydrogen) atoms. The average molecular weight is 538 g/mol. The van der Waals surface area contributed by atoms with Crippen molar-refractivity contribution in [3.63, 3.8) is 0 Å². The summed E-state index contributed by atoms with van der Waals surface area (Å²) >= 11 is 6.42. The third-order valence-corrected chi connectivity index (χ3v) is 9.09. The Balaban J connectivity index is 1.42. The number of benzene rings is 3. The number of thiol groups is 1. The molecule has 0 saturated heterocycles. The highest BCUT2D eigenvalue weighted by atomic mass is 32.1. The van der Waals surface area contributed by atoms with Gasteiger partial charge in [-0.3, -0.25) is 4.79 Å². The van der Waals surface area contributed by atoms with Gasteiger partial charge in [-0.05, 0) is 29.3 Å². The summed E-state index contributed by atoms with van der Waals surface area (Å²) in [6.45, 7) is 5.67. The SMILES string of the molecule is CC1(C)C(=CC2=C(S)C(=Cc3sc4ccccc4[n+]3CCO)C2=O)N(Cc2ccccc2)c2ccccc21. The zero-order chi connectivity index (χ0) is 26.4. The van der Waals surface area contributed by atoms with Crippen LogP contribution in [0.3, 0.4) is 0 Å². The highest BCUT2D eigenvalue weighted by Gasteiger charge is 2.42. The van der Waals surface area contributed by atoms with Gasteiger partial charge in [-0.25, -0.2) is 0 Å². The first-order chi connectivity index (χ1) is 18.4. The number of ketones is 1. The van der Waals surface area contributed by atoms with E-state index < -0.39 is 0 Å². The summed E-state index contributed by atoms with van der Waals surface area (Å²) in [7, 11) is 0. The second kappa shape index (κ2) is 9.70. The number of allylic oxidation sites excluding steroid dienone is 4. The molecule has 1 aliphatic carbocycles. The van der Waals surface area contributed by atoms with E-state index in [1.54, 1.807) is 11.3 Å². The van der Waals surface area contributed by atoms with Gasteiger partial charge in [0.15, 0.2) is 12.3 Å². The smallest absolute Gasteiger partial charge is 0.263 e. The highest BCUT2D eigenvalue weighted by Crippen LogP contribution is 2.50. The number of hydrogen-bond donors (Lipinski definition) is 2. The first kappa shape index (κ1) is 24.9.